The Morgan fingerprint density at radius 2 is 1.76 bits per heavy atom. The van der Waals surface area contributed by atoms with E-state index in [1.54, 1.807) is 4.90 Å². The van der Waals surface area contributed by atoms with Gasteiger partial charge in [0.25, 0.3) is 0 Å². The number of likely N-dealkylation sites (tertiary alicyclic amines) is 2. The quantitative estimate of drug-likeness (QED) is 0.279. The van der Waals surface area contributed by atoms with Crippen LogP contribution in [-0.2, 0) is 14.9 Å². The standard InChI is InChI=1S/C36H47ClN6O3/c1-22(2)42-21-38-28-19-27(39-31(37)30(28)42)23-8-9-26-29(16-23)43(25-17-24(18-25)41-13-10-35(6,7)20-41)32(44)36(26)11-14-40(15-12-36)33(45)46-34(3,4)5/h8-9,16,19,21-22,24-25H,10-15,17-18,20H2,1-7H3/t24-,25+. The van der Waals surface area contributed by atoms with Gasteiger partial charge in [-0.25, -0.2) is 14.8 Å². The van der Waals surface area contributed by atoms with E-state index in [1.807, 2.05) is 37.7 Å². The van der Waals surface area contributed by atoms with E-state index >= 15 is 0 Å². The molecule has 1 spiro atoms. The first kappa shape index (κ1) is 31.4. The summed E-state index contributed by atoms with van der Waals surface area (Å²) in [6.45, 7) is 17.8. The van der Waals surface area contributed by atoms with Gasteiger partial charge in [-0.05, 0) is 96.4 Å². The van der Waals surface area contributed by atoms with Crippen LogP contribution < -0.4 is 4.90 Å². The molecule has 2 amide bonds. The number of hydrogen-bond donors (Lipinski definition) is 0. The molecule has 1 aliphatic carbocycles. The van der Waals surface area contributed by atoms with Crippen LogP contribution in [0.4, 0.5) is 10.5 Å². The number of nitrogens with zero attached hydrogens (tertiary/aromatic N) is 6. The van der Waals surface area contributed by atoms with Gasteiger partial charge in [-0.2, -0.15) is 0 Å². The molecule has 1 aromatic carbocycles. The Morgan fingerprint density at radius 1 is 1.04 bits per heavy atom. The number of halogens is 1. The minimum absolute atomic E-state index is 0.152. The number of fused-ring (bicyclic) bond motifs is 3. The first-order chi connectivity index (χ1) is 21.7. The number of pyridine rings is 1. The molecule has 7 rings (SSSR count). The molecule has 0 N–H and O–H groups in total. The van der Waals surface area contributed by atoms with Crippen LogP contribution in [-0.4, -0.2) is 80.2 Å². The molecule has 0 atom stereocenters. The van der Waals surface area contributed by atoms with Gasteiger partial charge in [0.2, 0.25) is 5.91 Å². The maximum absolute atomic E-state index is 14.7. The second kappa shape index (κ2) is 10.9. The van der Waals surface area contributed by atoms with Crippen LogP contribution in [0, 0.1) is 5.41 Å². The highest BCUT2D eigenvalue weighted by Gasteiger charge is 2.56. The highest BCUT2D eigenvalue weighted by Crippen LogP contribution is 2.52. The lowest BCUT2D eigenvalue weighted by molar-refractivity contribution is -0.126. The number of amides is 2. The Bertz CT molecular complexity index is 1690. The van der Waals surface area contributed by atoms with Crippen LogP contribution in [0.5, 0.6) is 0 Å². The molecule has 4 aliphatic rings. The summed E-state index contributed by atoms with van der Waals surface area (Å²) in [4.78, 5) is 43.5. The molecule has 10 heteroatoms. The number of carbonyl (C=O) groups is 2. The first-order valence-electron chi connectivity index (χ1n) is 16.9. The summed E-state index contributed by atoms with van der Waals surface area (Å²) in [7, 11) is 0. The van der Waals surface area contributed by atoms with Crippen LogP contribution in [0.2, 0.25) is 5.15 Å². The first-order valence-corrected chi connectivity index (χ1v) is 17.3. The molecule has 3 aromatic rings. The smallest absolute Gasteiger partial charge is 0.410 e. The number of benzene rings is 1. The molecule has 2 saturated heterocycles. The SMILES string of the molecule is CC(C)n1cnc2cc(-c3ccc4c(c3)N([C@H]3C[C@@H](N5CCC(C)(C)C5)C3)C(=O)C43CCN(C(=O)OC(C)(C)C)CC3)nc(Cl)c21. The van der Waals surface area contributed by atoms with Crippen LogP contribution in [0.3, 0.4) is 0 Å². The third-order valence-electron chi connectivity index (χ3n) is 10.7. The summed E-state index contributed by atoms with van der Waals surface area (Å²) in [6, 6.07) is 9.19. The summed E-state index contributed by atoms with van der Waals surface area (Å²) in [5.74, 6) is 0.172. The Balaban J connectivity index is 1.21. The van der Waals surface area contributed by atoms with E-state index in [1.165, 1.54) is 6.42 Å². The fraction of sp³-hybridized carbons (Fsp3) is 0.611. The van der Waals surface area contributed by atoms with Crippen molar-refractivity contribution < 1.29 is 14.3 Å². The zero-order chi connectivity index (χ0) is 32.8. The topological polar surface area (TPSA) is 83.8 Å². The summed E-state index contributed by atoms with van der Waals surface area (Å²) in [5, 5.41) is 0.425. The van der Waals surface area contributed by atoms with Crippen molar-refractivity contribution in [2.75, 3.05) is 31.1 Å². The molecule has 3 aliphatic heterocycles. The highest BCUT2D eigenvalue weighted by atomic mass is 35.5. The lowest BCUT2D eigenvalue weighted by Gasteiger charge is -2.46. The molecule has 246 valence electrons. The third kappa shape index (κ3) is 5.27. The van der Waals surface area contributed by atoms with Crippen molar-refractivity contribution in [2.45, 2.75) is 110 Å². The number of carbonyl (C=O) groups excluding carboxylic acids is 2. The minimum Gasteiger partial charge on any atom is -0.444 e. The van der Waals surface area contributed by atoms with Crippen molar-refractivity contribution in [3.63, 3.8) is 0 Å². The molecule has 0 radical (unpaired) electrons. The van der Waals surface area contributed by atoms with Gasteiger partial charge in [0.1, 0.15) is 11.1 Å². The van der Waals surface area contributed by atoms with E-state index in [-0.39, 0.29) is 24.1 Å². The van der Waals surface area contributed by atoms with Crippen molar-refractivity contribution in [3.05, 3.63) is 41.3 Å². The molecule has 2 aromatic heterocycles. The monoisotopic (exact) mass is 646 g/mol. The lowest BCUT2D eigenvalue weighted by Crippen LogP contribution is -2.58. The summed E-state index contributed by atoms with van der Waals surface area (Å²) < 4.78 is 7.71. The van der Waals surface area contributed by atoms with Crippen molar-refractivity contribution >= 4 is 40.3 Å². The van der Waals surface area contributed by atoms with E-state index in [0.29, 0.717) is 42.5 Å². The Morgan fingerprint density at radius 3 is 2.39 bits per heavy atom. The maximum atomic E-state index is 14.7. The van der Waals surface area contributed by atoms with E-state index < -0.39 is 11.0 Å². The van der Waals surface area contributed by atoms with Crippen LogP contribution in [0.15, 0.2) is 30.6 Å². The van der Waals surface area contributed by atoms with Gasteiger partial charge in [-0.15, -0.1) is 0 Å². The average molecular weight is 647 g/mol. The number of piperidine rings is 1. The van der Waals surface area contributed by atoms with Gasteiger partial charge in [-0.1, -0.05) is 37.6 Å². The van der Waals surface area contributed by atoms with E-state index in [4.69, 9.17) is 21.3 Å². The Kier molecular flexibility index (Phi) is 7.48. The maximum Gasteiger partial charge on any atom is 0.410 e. The largest absolute Gasteiger partial charge is 0.444 e. The molecule has 9 nitrogen and oxygen atoms in total. The third-order valence-corrected chi connectivity index (χ3v) is 11.0. The molecule has 0 unspecified atom stereocenters. The van der Waals surface area contributed by atoms with Gasteiger partial charge in [0.05, 0.1) is 23.0 Å². The number of anilines is 1. The van der Waals surface area contributed by atoms with Crippen LogP contribution in [0.1, 0.15) is 92.2 Å². The molecule has 3 fully saturated rings. The van der Waals surface area contributed by atoms with Gasteiger partial charge in [-0.3, -0.25) is 9.69 Å². The predicted octanol–water partition coefficient (Wildman–Crippen LogP) is 7.21. The zero-order valence-electron chi connectivity index (χ0n) is 28.3. The van der Waals surface area contributed by atoms with Crippen molar-refractivity contribution in [1.82, 2.24) is 24.3 Å². The predicted molar refractivity (Wildman–Crippen MR) is 181 cm³/mol. The molecule has 0 bridgehead atoms. The molecule has 46 heavy (non-hydrogen) atoms. The van der Waals surface area contributed by atoms with Gasteiger partial charge >= 0.3 is 6.09 Å². The van der Waals surface area contributed by atoms with Gasteiger partial charge in [0.15, 0.2) is 5.15 Å². The van der Waals surface area contributed by atoms with Crippen molar-refractivity contribution in [1.29, 1.82) is 0 Å². The van der Waals surface area contributed by atoms with E-state index in [9.17, 15) is 9.59 Å². The van der Waals surface area contributed by atoms with Crippen molar-refractivity contribution in [3.8, 4) is 11.3 Å². The second-order valence-corrected chi connectivity index (χ2v) is 16.4. The summed E-state index contributed by atoms with van der Waals surface area (Å²) in [6.07, 6.45) is 5.84. The molecule has 1 saturated carbocycles. The minimum atomic E-state index is -0.655. The number of aromatic nitrogens is 3. The number of hydrogen-bond acceptors (Lipinski definition) is 6. The number of ether oxygens (including phenoxy) is 1. The average Bonchev–Trinajstić information content (AvgIpc) is 3.61. The normalized spacial score (nSPS) is 24.2. The Labute approximate surface area is 277 Å². The molecular weight excluding hydrogens is 600 g/mol. The summed E-state index contributed by atoms with van der Waals surface area (Å²) >= 11 is 6.76. The van der Waals surface area contributed by atoms with E-state index in [2.05, 4.69) is 60.7 Å². The zero-order valence-corrected chi connectivity index (χ0v) is 29.0. The summed E-state index contributed by atoms with van der Waals surface area (Å²) in [5.41, 5.74) is 4.47. The molecule has 5 heterocycles. The fourth-order valence-electron chi connectivity index (χ4n) is 8.08. The second-order valence-electron chi connectivity index (χ2n) is 16.0. The number of imidazole rings is 1. The number of rotatable bonds is 4. The highest BCUT2D eigenvalue weighted by molar-refractivity contribution is 6.34. The molecular formula is C36H47ClN6O3. The fourth-order valence-corrected chi connectivity index (χ4v) is 8.37. The van der Waals surface area contributed by atoms with Gasteiger partial charge in [0, 0.05) is 49.0 Å². The van der Waals surface area contributed by atoms with Gasteiger partial charge < -0.3 is 19.1 Å². The van der Waals surface area contributed by atoms with Crippen molar-refractivity contribution in [2.24, 2.45) is 5.41 Å². The van der Waals surface area contributed by atoms with E-state index in [0.717, 1.165) is 59.5 Å². The Hall–Kier alpha value is -3.17. The van der Waals surface area contributed by atoms with Crippen LogP contribution in [0.25, 0.3) is 22.3 Å². The lowest BCUT2D eigenvalue weighted by atomic mass is 9.73. The van der Waals surface area contributed by atoms with Crippen LogP contribution >= 0.6 is 11.6 Å².